The van der Waals surface area contributed by atoms with Gasteiger partial charge in [-0.25, -0.2) is 22.8 Å². The molecule has 0 bridgehead atoms. The van der Waals surface area contributed by atoms with Crippen LogP contribution in [0.1, 0.15) is 40.7 Å². The average molecular weight is 504 g/mol. The SMILES string of the molecule is Cc1c(C#CCN(C)C)cnc(N2CCCC(F)(F)CC2)c1C(=O)Nc1cccc([S@](C)(=N)=O)c1. The van der Waals surface area contributed by atoms with Crippen LogP contribution in [0.25, 0.3) is 0 Å². The van der Waals surface area contributed by atoms with E-state index in [1.165, 1.54) is 12.3 Å². The highest BCUT2D eigenvalue weighted by atomic mass is 32.2. The Morgan fingerprint density at radius 2 is 2.06 bits per heavy atom. The molecule has 0 spiro atoms. The number of amides is 1. The van der Waals surface area contributed by atoms with Crippen LogP contribution < -0.4 is 10.2 Å². The van der Waals surface area contributed by atoms with Crippen LogP contribution in [0, 0.1) is 23.5 Å². The van der Waals surface area contributed by atoms with Crippen molar-refractivity contribution in [1.82, 2.24) is 9.88 Å². The number of carbonyl (C=O) groups excluding carboxylic acids is 1. The first-order chi connectivity index (χ1) is 16.4. The quantitative estimate of drug-likeness (QED) is 0.597. The number of rotatable bonds is 5. The molecule has 1 aromatic carbocycles. The first-order valence-corrected chi connectivity index (χ1v) is 13.3. The molecule has 0 saturated carbocycles. The summed E-state index contributed by atoms with van der Waals surface area (Å²) < 4.78 is 47.9. The highest BCUT2D eigenvalue weighted by molar-refractivity contribution is 7.91. The highest BCUT2D eigenvalue weighted by Gasteiger charge is 2.33. The number of nitrogens with one attached hydrogen (secondary N) is 2. The van der Waals surface area contributed by atoms with Crippen molar-refractivity contribution < 1.29 is 17.8 Å². The van der Waals surface area contributed by atoms with Gasteiger partial charge in [0, 0.05) is 54.5 Å². The van der Waals surface area contributed by atoms with Crippen LogP contribution >= 0.6 is 0 Å². The van der Waals surface area contributed by atoms with Crippen molar-refractivity contribution in [3.05, 3.63) is 47.2 Å². The van der Waals surface area contributed by atoms with E-state index in [4.69, 9.17) is 4.78 Å². The van der Waals surface area contributed by atoms with E-state index in [1.807, 2.05) is 19.0 Å². The third kappa shape index (κ3) is 6.99. The Balaban J connectivity index is 2.03. The molecule has 7 nitrogen and oxygen atoms in total. The Hall–Kier alpha value is -3.03. The molecule has 2 aromatic rings. The number of nitrogens with zero attached hydrogens (tertiary/aromatic N) is 3. The molecule has 188 valence electrons. The molecule has 3 rings (SSSR count). The van der Waals surface area contributed by atoms with E-state index in [0.717, 1.165) is 0 Å². The summed E-state index contributed by atoms with van der Waals surface area (Å²) in [7, 11) is 0.835. The number of benzene rings is 1. The van der Waals surface area contributed by atoms with Crippen LogP contribution in [-0.4, -0.2) is 65.9 Å². The van der Waals surface area contributed by atoms with Crippen LogP contribution in [-0.2, 0) is 9.73 Å². The van der Waals surface area contributed by atoms with Gasteiger partial charge >= 0.3 is 0 Å². The van der Waals surface area contributed by atoms with Gasteiger partial charge in [-0.3, -0.25) is 9.69 Å². The van der Waals surface area contributed by atoms with Crippen molar-refractivity contribution in [3.63, 3.8) is 0 Å². The molecule has 1 aromatic heterocycles. The summed E-state index contributed by atoms with van der Waals surface area (Å²) in [6.45, 7) is 2.74. The highest BCUT2D eigenvalue weighted by Crippen LogP contribution is 2.32. The molecule has 1 amide bonds. The van der Waals surface area contributed by atoms with E-state index in [1.54, 1.807) is 36.2 Å². The van der Waals surface area contributed by atoms with Crippen molar-refractivity contribution in [1.29, 1.82) is 4.78 Å². The lowest BCUT2D eigenvalue weighted by molar-refractivity contribution is -0.0102. The maximum atomic E-state index is 14.0. The van der Waals surface area contributed by atoms with Crippen LogP contribution in [0.2, 0.25) is 0 Å². The molecule has 1 atom stereocenters. The minimum absolute atomic E-state index is 0.0810. The number of pyridine rings is 1. The van der Waals surface area contributed by atoms with Gasteiger partial charge in [0.25, 0.3) is 5.91 Å². The Labute approximate surface area is 205 Å². The van der Waals surface area contributed by atoms with Crippen LogP contribution in [0.4, 0.5) is 20.3 Å². The van der Waals surface area contributed by atoms with Crippen LogP contribution in [0.15, 0.2) is 35.4 Å². The van der Waals surface area contributed by atoms with Gasteiger partial charge < -0.3 is 10.2 Å². The first-order valence-electron chi connectivity index (χ1n) is 11.3. The van der Waals surface area contributed by atoms with Crippen LogP contribution in [0.3, 0.4) is 0 Å². The number of alkyl halides is 2. The number of aromatic nitrogens is 1. The second-order valence-electron chi connectivity index (χ2n) is 9.06. The predicted molar refractivity (Wildman–Crippen MR) is 135 cm³/mol. The average Bonchev–Trinajstić information content (AvgIpc) is 2.94. The third-order valence-corrected chi connectivity index (χ3v) is 6.88. The van der Waals surface area contributed by atoms with Crippen molar-refractivity contribution >= 4 is 27.1 Å². The zero-order valence-electron chi connectivity index (χ0n) is 20.5. The smallest absolute Gasteiger partial charge is 0.259 e. The largest absolute Gasteiger partial charge is 0.356 e. The fourth-order valence-electron chi connectivity index (χ4n) is 3.81. The standard InChI is InChI=1S/C25H31F2N5O2S/c1-18-19(8-6-13-31(2)3)17-29-23(32-14-7-11-25(26,27)12-15-32)22(18)24(33)30-20-9-5-10-21(16-20)35(4,28)34/h5,9-10,16-17,28H,7,11-15H2,1-4H3,(H,30,33)/t35-/m1/s1. The van der Waals surface area contributed by atoms with Gasteiger partial charge in [0.2, 0.25) is 5.92 Å². The molecule has 0 aliphatic carbocycles. The molecule has 1 fully saturated rings. The van der Waals surface area contributed by atoms with Gasteiger partial charge in [-0.15, -0.1) is 0 Å². The number of hydrogen-bond donors (Lipinski definition) is 2. The second kappa shape index (κ2) is 10.7. The predicted octanol–water partition coefficient (Wildman–Crippen LogP) is 4.22. The molecule has 1 aliphatic rings. The zero-order valence-corrected chi connectivity index (χ0v) is 21.3. The van der Waals surface area contributed by atoms with E-state index in [9.17, 15) is 17.8 Å². The minimum Gasteiger partial charge on any atom is -0.356 e. The number of halogens is 2. The van der Waals surface area contributed by atoms with E-state index in [2.05, 4.69) is 22.1 Å². The topological polar surface area (TPSA) is 89.4 Å². The lowest BCUT2D eigenvalue weighted by atomic mass is 10.0. The molecule has 0 radical (unpaired) electrons. The van der Waals surface area contributed by atoms with Crippen molar-refractivity contribution in [3.8, 4) is 11.8 Å². The van der Waals surface area contributed by atoms with E-state index < -0.39 is 21.6 Å². The fraction of sp³-hybridized carbons (Fsp3) is 0.440. The summed E-state index contributed by atoms with van der Waals surface area (Å²) in [6, 6.07) is 6.33. The fourth-order valence-corrected chi connectivity index (χ4v) is 4.50. The summed E-state index contributed by atoms with van der Waals surface area (Å²) in [5.41, 5.74) is 1.83. The van der Waals surface area contributed by atoms with Gasteiger partial charge in [-0.05, 0) is 51.2 Å². The Morgan fingerprint density at radius 1 is 1.31 bits per heavy atom. The number of anilines is 2. The maximum absolute atomic E-state index is 14.0. The van der Waals surface area contributed by atoms with Crippen molar-refractivity contribution in [2.75, 3.05) is 50.2 Å². The monoisotopic (exact) mass is 503 g/mol. The van der Waals surface area contributed by atoms with Crippen molar-refractivity contribution in [2.45, 2.75) is 37.0 Å². The van der Waals surface area contributed by atoms with Gasteiger partial charge in [0.15, 0.2) is 0 Å². The third-order valence-electron chi connectivity index (χ3n) is 5.72. The zero-order chi connectivity index (χ0) is 25.8. The Bertz CT molecular complexity index is 1270. The molecule has 2 heterocycles. The summed E-state index contributed by atoms with van der Waals surface area (Å²) in [6.07, 6.45) is 2.67. The molecule has 1 aliphatic heterocycles. The molecule has 2 N–H and O–H groups in total. The molecular weight excluding hydrogens is 472 g/mol. The summed E-state index contributed by atoms with van der Waals surface area (Å²) in [5, 5.41) is 2.81. The first kappa shape index (κ1) is 26.6. The van der Waals surface area contributed by atoms with E-state index in [-0.39, 0.29) is 31.4 Å². The Morgan fingerprint density at radius 3 is 2.74 bits per heavy atom. The van der Waals surface area contributed by atoms with Gasteiger partial charge in [-0.2, -0.15) is 0 Å². The lowest BCUT2D eigenvalue weighted by Gasteiger charge is -2.25. The molecule has 0 unspecified atom stereocenters. The lowest BCUT2D eigenvalue weighted by Crippen LogP contribution is -2.30. The number of hydrogen-bond acceptors (Lipinski definition) is 6. The van der Waals surface area contributed by atoms with Gasteiger partial charge in [0.05, 0.1) is 21.8 Å². The summed E-state index contributed by atoms with van der Waals surface area (Å²) in [4.78, 5) is 22.0. The maximum Gasteiger partial charge on any atom is 0.259 e. The molecule has 10 heteroatoms. The summed E-state index contributed by atoms with van der Waals surface area (Å²) in [5.74, 6) is 3.22. The normalized spacial score (nSPS) is 17.2. The number of carbonyl (C=O) groups is 1. The van der Waals surface area contributed by atoms with E-state index >= 15 is 0 Å². The van der Waals surface area contributed by atoms with Gasteiger partial charge in [-0.1, -0.05) is 17.9 Å². The molecule has 35 heavy (non-hydrogen) atoms. The van der Waals surface area contributed by atoms with Crippen molar-refractivity contribution in [2.24, 2.45) is 0 Å². The van der Waals surface area contributed by atoms with Gasteiger partial charge in [0.1, 0.15) is 5.82 Å². The molecule has 1 saturated heterocycles. The summed E-state index contributed by atoms with van der Waals surface area (Å²) >= 11 is 0. The molecular formula is C25H31F2N5O2S. The van der Waals surface area contributed by atoms with Crippen LogP contribution in [0.5, 0.6) is 0 Å². The van der Waals surface area contributed by atoms with E-state index in [0.29, 0.717) is 40.6 Å². The Kier molecular flexibility index (Phi) is 8.13. The minimum atomic E-state index is -2.96. The second-order valence-corrected chi connectivity index (χ2v) is 11.2.